The Hall–Kier alpha value is -2.64. The Balaban J connectivity index is 1.81. The molecule has 0 spiro atoms. The van der Waals surface area contributed by atoms with Gasteiger partial charge in [0, 0.05) is 6.54 Å². The minimum absolute atomic E-state index is 0.0113. The van der Waals surface area contributed by atoms with Gasteiger partial charge in [0.15, 0.2) is 0 Å². The van der Waals surface area contributed by atoms with Crippen LogP contribution in [0.1, 0.15) is 43.5 Å². The number of rotatable bonds is 4. The molecule has 1 aliphatic heterocycles. The smallest absolute Gasteiger partial charge is 0.325 e. The second-order valence-corrected chi connectivity index (χ2v) is 7.31. The van der Waals surface area contributed by atoms with Crippen molar-refractivity contribution >= 4 is 5.97 Å². The van der Waals surface area contributed by atoms with Gasteiger partial charge in [0.05, 0.1) is 17.7 Å². The molecule has 3 atom stereocenters. The molecular formula is C21H22N2O2. The second-order valence-electron chi connectivity index (χ2n) is 7.31. The van der Waals surface area contributed by atoms with E-state index in [9.17, 15) is 4.79 Å². The molecule has 0 aliphatic carbocycles. The number of carbonyl (C=O) groups is 1. The van der Waals surface area contributed by atoms with E-state index in [1.165, 1.54) is 0 Å². The molecule has 0 saturated carbocycles. The summed E-state index contributed by atoms with van der Waals surface area (Å²) in [4.78, 5) is 14.7. The Morgan fingerprint density at radius 3 is 2.32 bits per heavy atom. The first-order valence-electron chi connectivity index (χ1n) is 8.41. The van der Waals surface area contributed by atoms with E-state index in [4.69, 9.17) is 10.00 Å². The van der Waals surface area contributed by atoms with E-state index in [0.717, 1.165) is 11.1 Å². The van der Waals surface area contributed by atoms with Crippen LogP contribution in [0.3, 0.4) is 0 Å². The molecule has 1 aliphatic rings. The van der Waals surface area contributed by atoms with Crippen molar-refractivity contribution in [3.8, 4) is 6.07 Å². The molecule has 128 valence electrons. The van der Waals surface area contributed by atoms with Crippen molar-refractivity contribution in [3.63, 3.8) is 0 Å². The minimum atomic E-state index is -0.507. The van der Waals surface area contributed by atoms with Crippen molar-refractivity contribution in [3.05, 3.63) is 71.3 Å². The Labute approximate surface area is 148 Å². The second kappa shape index (κ2) is 6.70. The maximum Gasteiger partial charge on any atom is 0.325 e. The number of nitrogens with zero attached hydrogens (tertiary/aromatic N) is 2. The fourth-order valence-corrected chi connectivity index (χ4v) is 3.02. The monoisotopic (exact) mass is 334 g/mol. The first-order chi connectivity index (χ1) is 11.9. The number of esters is 1. The highest BCUT2D eigenvalue weighted by Crippen LogP contribution is 2.45. The number of hydrogen-bond acceptors (Lipinski definition) is 4. The maximum atomic E-state index is 12.6. The third-order valence-electron chi connectivity index (χ3n) is 4.16. The average Bonchev–Trinajstić information content (AvgIpc) is 3.28. The summed E-state index contributed by atoms with van der Waals surface area (Å²) in [6.45, 7) is 6.33. The summed E-state index contributed by atoms with van der Waals surface area (Å²) in [7, 11) is 0. The predicted octanol–water partition coefficient (Wildman–Crippen LogP) is 3.83. The quantitative estimate of drug-likeness (QED) is 0.630. The third-order valence-corrected chi connectivity index (χ3v) is 4.16. The molecule has 4 nitrogen and oxygen atoms in total. The van der Waals surface area contributed by atoms with E-state index in [1.807, 2.05) is 51.1 Å². The molecule has 4 heteroatoms. The molecule has 0 aromatic heterocycles. The van der Waals surface area contributed by atoms with Gasteiger partial charge in [0.2, 0.25) is 0 Å². The van der Waals surface area contributed by atoms with Crippen LogP contribution in [-0.2, 0) is 16.1 Å². The number of carbonyl (C=O) groups excluding carboxylic acids is 1. The molecule has 0 N–H and O–H groups in total. The van der Waals surface area contributed by atoms with Gasteiger partial charge < -0.3 is 4.74 Å². The molecule has 0 bridgehead atoms. The minimum Gasteiger partial charge on any atom is -0.459 e. The summed E-state index contributed by atoms with van der Waals surface area (Å²) in [5.74, 6) is -0.196. The van der Waals surface area contributed by atoms with Crippen molar-refractivity contribution in [2.75, 3.05) is 0 Å². The van der Waals surface area contributed by atoms with Crippen molar-refractivity contribution in [1.82, 2.24) is 4.90 Å². The lowest BCUT2D eigenvalue weighted by molar-refractivity contribution is -0.155. The summed E-state index contributed by atoms with van der Waals surface area (Å²) in [6.07, 6.45) is 0. The average molecular weight is 334 g/mol. The highest BCUT2D eigenvalue weighted by Gasteiger charge is 2.54. The predicted molar refractivity (Wildman–Crippen MR) is 95.5 cm³/mol. The Morgan fingerprint density at radius 2 is 1.76 bits per heavy atom. The zero-order valence-electron chi connectivity index (χ0n) is 14.8. The first-order valence-corrected chi connectivity index (χ1v) is 8.41. The van der Waals surface area contributed by atoms with Gasteiger partial charge in [0.1, 0.15) is 11.6 Å². The Morgan fingerprint density at radius 1 is 1.12 bits per heavy atom. The van der Waals surface area contributed by atoms with Crippen molar-refractivity contribution in [1.29, 1.82) is 5.26 Å². The molecule has 0 radical (unpaired) electrons. The SMILES string of the molecule is CC(C)(C)OC(=O)C1C(c2ccc(C#N)cc2)N1Cc1ccccc1. The van der Waals surface area contributed by atoms with E-state index >= 15 is 0 Å². The first kappa shape index (κ1) is 17.2. The normalized spacial score (nSPS) is 22.1. The number of hydrogen-bond donors (Lipinski definition) is 0. The third kappa shape index (κ3) is 4.07. The van der Waals surface area contributed by atoms with E-state index in [0.29, 0.717) is 12.1 Å². The molecule has 0 amide bonds. The largest absolute Gasteiger partial charge is 0.459 e. The molecule has 3 rings (SSSR count). The number of benzene rings is 2. The lowest BCUT2D eigenvalue weighted by atomic mass is 10.1. The molecule has 2 aromatic rings. The molecule has 3 unspecified atom stereocenters. The molecular weight excluding hydrogens is 312 g/mol. The molecule has 1 saturated heterocycles. The highest BCUT2D eigenvalue weighted by atomic mass is 16.6. The van der Waals surface area contributed by atoms with E-state index in [2.05, 4.69) is 23.1 Å². The zero-order chi connectivity index (χ0) is 18.0. The van der Waals surface area contributed by atoms with E-state index in [1.54, 1.807) is 12.1 Å². The maximum absolute atomic E-state index is 12.6. The number of nitriles is 1. The van der Waals surface area contributed by atoms with E-state index in [-0.39, 0.29) is 18.1 Å². The summed E-state index contributed by atoms with van der Waals surface area (Å²) >= 11 is 0. The van der Waals surface area contributed by atoms with Crippen molar-refractivity contribution in [2.24, 2.45) is 0 Å². The molecule has 2 aromatic carbocycles. The fraction of sp³-hybridized carbons (Fsp3) is 0.333. The lowest BCUT2D eigenvalue weighted by Gasteiger charge is -2.19. The molecule has 1 fully saturated rings. The van der Waals surface area contributed by atoms with Gasteiger partial charge in [0.25, 0.3) is 0 Å². The van der Waals surface area contributed by atoms with Crippen LogP contribution < -0.4 is 0 Å². The van der Waals surface area contributed by atoms with Crippen LogP contribution in [0, 0.1) is 11.3 Å². The lowest BCUT2D eigenvalue weighted by Crippen LogP contribution is -2.28. The zero-order valence-corrected chi connectivity index (χ0v) is 14.8. The van der Waals surface area contributed by atoms with Crippen LogP contribution >= 0.6 is 0 Å². The van der Waals surface area contributed by atoms with Gasteiger partial charge in [-0.3, -0.25) is 9.69 Å². The Bertz CT molecular complexity index is 785. The summed E-state index contributed by atoms with van der Waals surface area (Å²) in [6, 6.07) is 19.3. The van der Waals surface area contributed by atoms with Gasteiger partial charge in [-0.05, 0) is 44.0 Å². The van der Waals surface area contributed by atoms with Crippen LogP contribution in [0.4, 0.5) is 0 Å². The van der Waals surface area contributed by atoms with Gasteiger partial charge in [-0.2, -0.15) is 5.26 Å². The van der Waals surface area contributed by atoms with Crippen molar-refractivity contribution < 1.29 is 9.53 Å². The van der Waals surface area contributed by atoms with Gasteiger partial charge in [-0.25, -0.2) is 0 Å². The van der Waals surface area contributed by atoms with Crippen LogP contribution in [0.25, 0.3) is 0 Å². The summed E-state index contributed by atoms with van der Waals surface area (Å²) < 4.78 is 5.59. The van der Waals surface area contributed by atoms with Gasteiger partial charge in [-0.15, -0.1) is 0 Å². The summed E-state index contributed by atoms with van der Waals surface area (Å²) in [5.41, 5.74) is 2.30. The standard InChI is InChI=1S/C21H22N2O2/c1-21(2,3)25-20(24)19-18(17-11-9-15(13-22)10-12-17)23(19)14-16-7-5-4-6-8-16/h4-12,18-19H,14H2,1-3H3. The Kier molecular flexibility index (Phi) is 4.61. The molecule has 25 heavy (non-hydrogen) atoms. The topological polar surface area (TPSA) is 53.1 Å². The van der Waals surface area contributed by atoms with Crippen LogP contribution in [0.2, 0.25) is 0 Å². The van der Waals surface area contributed by atoms with Gasteiger partial charge >= 0.3 is 5.97 Å². The van der Waals surface area contributed by atoms with Crippen LogP contribution in [0.15, 0.2) is 54.6 Å². The highest BCUT2D eigenvalue weighted by molar-refractivity contribution is 5.81. The van der Waals surface area contributed by atoms with Gasteiger partial charge in [-0.1, -0.05) is 42.5 Å². The molecule has 1 heterocycles. The van der Waals surface area contributed by atoms with E-state index < -0.39 is 5.60 Å². The van der Waals surface area contributed by atoms with Crippen molar-refractivity contribution in [2.45, 2.75) is 45.0 Å². The fourth-order valence-electron chi connectivity index (χ4n) is 3.02. The summed E-state index contributed by atoms with van der Waals surface area (Å²) in [5, 5.41) is 8.96. The number of ether oxygens (including phenoxy) is 1. The van der Waals surface area contributed by atoms with Crippen LogP contribution in [0.5, 0.6) is 0 Å². The van der Waals surface area contributed by atoms with Crippen LogP contribution in [-0.4, -0.2) is 22.5 Å².